The number of nitrogens with zero attached hydrogens (tertiary/aromatic N) is 7. The lowest BCUT2D eigenvalue weighted by molar-refractivity contribution is -0.163. The summed E-state index contributed by atoms with van der Waals surface area (Å²) < 4.78 is 11.3. The third-order valence-corrected chi connectivity index (χ3v) is 17.3. The monoisotopic (exact) mass is 1360 g/mol. The van der Waals surface area contributed by atoms with Crippen LogP contribution in [0.25, 0.3) is 0 Å². The van der Waals surface area contributed by atoms with Crippen LogP contribution in [0, 0.1) is 35.5 Å². The molecule has 1 rings (SSSR count). The molecule has 1 fully saturated rings. The number of amides is 11. The quantitative estimate of drug-likeness (QED) is 0.0799. The van der Waals surface area contributed by atoms with Gasteiger partial charge in [-0.05, 0) is 123 Å². The van der Waals surface area contributed by atoms with Crippen molar-refractivity contribution in [1.29, 1.82) is 0 Å². The Morgan fingerprint density at radius 1 is 0.510 bits per heavy atom. The number of rotatable bonds is 19. The summed E-state index contributed by atoms with van der Waals surface area (Å²) in [7, 11) is 9.42. The van der Waals surface area contributed by atoms with E-state index < -0.39 is 192 Å². The lowest BCUT2D eigenvalue weighted by Gasteiger charge is -2.41. The number of nitrogens with one attached hydrogen (secondary N) is 4. The first-order valence-corrected chi connectivity index (χ1v) is 33.9. The second-order valence-corrected chi connectivity index (χ2v) is 29.8. The van der Waals surface area contributed by atoms with Gasteiger partial charge in [-0.2, -0.15) is 0 Å². The average molecular weight is 1360 g/mol. The van der Waals surface area contributed by atoms with Gasteiger partial charge >= 0.3 is 5.97 Å². The summed E-state index contributed by atoms with van der Waals surface area (Å²) in [5, 5.41) is 34.5. The highest BCUT2D eigenvalue weighted by Gasteiger charge is 2.47. The summed E-state index contributed by atoms with van der Waals surface area (Å²) in [6.45, 7) is 31.9. The molecule has 0 aromatic carbocycles. The highest BCUT2D eigenvalue weighted by molar-refractivity contribution is 6.00. The fraction of sp³-hybridized carbons (Fsp3) is 0.797. The Bertz CT molecular complexity index is 2690. The van der Waals surface area contributed by atoms with Crippen LogP contribution < -0.4 is 21.3 Å². The number of likely N-dealkylation sites (N-methyl/N-ethyl adjacent to an activating group) is 7. The van der Waals surface area contributed by atoms with E-state index in [1.165, 1.54) is 91.7 Å². The van der Waals surface area contributed by atoms with Crippen LogP contribution in [0.1, 0.15) is 177 Å². The molecule has 1 saturated heterocycles. The number of ether oxygens (including phenoxy) is 2. The van der Waals surface area contributed by atoms with Crippen molar-refractivity contribution >= 4 is 70.9 Å². The van der Waals surface area contributed by atoms with Gasteiger partial charge in [-0.25, -0.2) is 4.79 Å². The summed E-state index contributed by atoms with van der Waals surface area (Å²) in [4.78, 5) is 185. The van der Waals surface area contributed by atoms with Gasteiger partial charge in [-0.3, -0.25) is 52.7 Å². The second kappa shape index (κ2) is 38.4. The van der Waals surface area contributed by atoms with Crippen LogP contribution in [0.5, 0.6) is 0 Å². The van der Waals surface area contributed by atoms with Gasteiger partial charge in [-0.1, -0.05) is 95.2 Å². The van der Waals surface area contributed by atoms with E-state index in [0.29, 0.717) is 0 Å². The van der Waals surface area contributed by atoms with E-state index in [1.54, 1.807) is 81.4 Å². The third kappa shape index (κ3) is 25.6. The molecular formula is C69H123N11O16. The molecule has 11 amide bonds. The zero-order valence-corrected chi connectivity index (χ0v) is 62.9. The third-order valence-electron chi connectivity index (χ3n) is 17.3. The molecule has 0 unspecified atom stereocenters. The summed E-state index contributed by atoms with van der Waals surface area (Å²) >= 11 is 0. The number of aliphatic hydroxyl groups excluding tert-OH is 1. The normalized spacial score (nSPS) is 26.2. The van der Waals surface area contributed by atoms with E-state index in [4.69, 9.17) is 9.47 Å². The predicted octanol–water partition coefficient (Wildman–Crippen LogP) is 3.11. The van der Waals surface area contributed by atoms with E-state index in [1.807, 2.05) is 41.5 Å². The van der Waals surface area contributed by atoms with E-state index in [-0.39, 0.29) is 49.9 Å². The maximum Gasteiger partial charge on any atom is 0.332 e. The minimum atomic E-state index is -1.73. The molecule has 6 N–H and O–H groups in total. The Morgan fingerprint density at radius 2 is 0.938 bits per heavy atom. The second-order valence-electron chi connectivity index (χ2n) is 29.8. The fourth-order valence-corrected chi connectivity index (χ4v) is 11.6. The molecule has 0 aliphatic carbocycles. The number of hydrogen-bond donors (Lipinski definition) is 6. The van der Waals surface area contributed by atoms with Crippen LogP contribution in [0.3, 0.4) is 0 Å². The summed E-state index contributed by atoms with van der Waals surface area (Å²) in [5.41, 5.74) is -2.61. The molecule has 1 heterocycles. The number of hydrogen-bond acceptors (Lipinski definition) is 16. The largest absolute Gasteiger partial charge is 0.458 e. The smallest absolute Gasteiger partial charge is 0.332 e. The molecule has 27 nitrogen and oxygen atoms in total. The van der Waals surface area contributed by atoms with Crippen LogP contribution in [0.15, 0.2) is 12.2 Å². The van der Waals surface area contributed by atoms with Crippen molar-refractivity contribution < 1.29 is 77.2 Å². The van der Waals surface area contributed by atoms with Gasteiger partial charge in [0.1, 0.15) is 78.7 Å². The number of aliphatic hydroxyl groups is 2. The van der Waals surface area contributed by atoms with Crippen LogP contribution >= 0.6 is 0 Å². The zero-order chi connectivity index (χ0) is 74.7. The van der Waals surface area contributed by atoms with Crippen LogP contribution in [-0.2, 0) is 67.0 Å². The van der Waals surface area contributed by atoms with Crippen molar-refractivity contribution in [3.63, 3.8) is 0 Å². The van der Waals surface area contributed by atoms with Crippen molar-refractivity contribution in [2.75, 3.05) is 62.5 Å². The molecule has 1 aliphatic heterocycles. The van der Waals surface area contributed by atoms with Gasteiger partial charge in [0.25, 0.3) is 0 Å². The van der Waals surface area contributed by atoms with Crippen molar-refractivity contribution in [3.05, 3.63) is 12.2 Å². The summed E-state index contributed by atoms with van der Waals surface area (Å²) in [6, 6.07) is -15.4. The molecule has 0 bridgehead atoms. The van der Waals surface area contributed by atoms with Gasteiger partial charge in [0.15, 0.2) is 0 Å². The Morgan fingerprint density at radius 3 is 1.40 bits per heavy atom. The van der Waals surface area contributed by atoms with Crippen LogP contribution in [-0.4, -0.2) is 262 Å². The van der Waals surface area contributed by atoms with Crippen LogP contribution in [0.2, 0.25) is 0 Å². The molecule has 1 aliphatic rings. The van der Waals surface area contributed by atoms with Gasteiger partial charge in [0, 0.05) is 55.8 Å². The minimum absolute atomic E-state index is 0.0807. The van der Waals surface area contributed by atoms with Crippen molar-refractivity contribution in [2.45, 2.75) is 261 Å². The molecular weight excluding hydrogens is 1240 g/mol. The summed E-state index contributed by atoms with van der Waals surface area (Å²) in [5.74, 6) is -12.2. The molecule has 27 heteroatoms. The van der Waals surface area contributed by atoms with Crippen LogP contribution in [0.4, 0.5) is 0 Å². The van der Waals surface area contributed by atoms with E-state index >= 15 is 28.8 Å². The molecule has 96 heavy (non-hydrogen) atoms. The number of carbonyl (C=O) groups is 12. The van der Waals surface area contributed by atoms with Crippen molar-refractivity contribution in [2.24, 2.45) is 35.5 Å². The number of allylic oxidation sites excluding steroid dienone is 2. The zero-order valence-electron chi connectivity index (χ0n) is 62.9. The highest BCUT2D eigenvalue weighted by atomic mass is 16.6. The molecule has 550 valence electrons. The maximum atomic E-state index is 15.4. The minimum Gasteiger partial charge on any atom is -0.458 e. The number of esters is 1. The molecule has 0 aromatic rings. The Labute approximate surface area is 572 Å². The van der Waals surface area contributed by atoms with Gasteiger partial charge < -0.3 is 75.3 Å². The van der Waals surface area contributed by atoms with E-state index in [9.17, 15) is 39.0 Å². The first-order chi connectivity index (χ1) is 44.0. The Balaban J connectivity index is 4.61. The van der Waals surface area contributed by atoms with E-state index in [0.717, 1.165) is 19.6 Å². The maximum absolute atomic E-state index is 15.4. The van der Waals surface area contributed by atoms with Gasteiger partial charge in [0.2, 0.25) is 65.0 Å². The highest BCUT2D eigenvalue weighted by Crippen LogP contribution is 2.27. The van der Waals surface area contributed by atoms with Gasteiger partial charge in [-0.15, -0.1) is 0 Å². The SMILES string of the molecule is C/C=C/C[C@@H](C)[C@@H](O)[C@H]1C(=O)N[C@@H](CC)C(=O)N(C)[C@H](COCC(=O)OC(C)(C)C)C(=O)N(C)[C@@H](CC(C)(C)O)C(=O)N[C@@H](C(C)C)C(=O)N(C)[C@@H](CC(C)C)C(=O)N[C@@H](C)C(=O)N[C@H](C)C(=O)N(C)[C@@H](CC(C)C)C(=O)N(C)[C@@H](CC(C)C)C(=O)N(C)[C@@H](C(C)C)C(=O)N1C. The lowest BCUT2D eigenvalue weighted by atomic mass is 9.91. The lowest BCUT2D eigenvalue weighted by Crippen LogP contribution is -2.64. The van der Waals surface area contributed by atoms with Gasteiger partial charge in [0.05, 0.1) is 18.3 Å². The molecule has 0 saturated carbocycles. The van der Waals surface area contributed by atoms with Crippen molar-refractivity contribution in [3.8, 4) is 0 Å². The Hall–Kier alpha value is -6.74. The molecule has 0 radical (unpaired) electrons. The first-order valence-electron chi connectivity index (χ1n) is 33.9. The topological polar surface area (TPSA) is 335 Å². The van der Waals surface area contributed by atoms with E-state index in [2.05, 4.69) is 21.3 Å². The molecule has 0 spiro atoms. The Kier molecular flexibility index (Phi) is 34.9. The predicted molar refractivity (Wildman–Crippen MR) is 365 cm³/mol. The van der Waals surface area contributed by atoms with Crippen molar-refractivity contribution in [1.82, 2.24) is 55.6 Å². The average Bonchev–Trinajstić information content (AvgIpc) is 0.812. The molecule has 0 aromatic heterocycles. The first kappa shape index (κ1) is 87.3. The standard InChI is InChI=1S/C69H123N11O16/c1-28-30-31-43(13)56(82)55-60(86)72-46(29-2)62(88)78(25)51(36-95-37-52(81)96-68(16,17)18)65(91)77(24)50(35-69(19,20)94)59(85)73-53(41(9)10)66(92)74(21)47(32-38(3)4)58(84)70-44(14)57(83)71-45(15)61(87)75(22)48(33-39(5)6)63(89)76(23)49(34-40(7)8)64(90)79(26)54(42(11)12)67(93)80(55)27/h28,30,38-51,53-56,82,94H,29,31-37H2,1-27H3,(H,70,84)(H,71,83)(H,72,86)(H,73,85)/b30-28+/t43-,44+,45-,46+,47+,48+,49+,50+,51-,53+,54+,55+,56-/m1/s1. The fourth-order valence-electron chi connectivity index (χ4n) is 11.6. The number of carbonyl (C=O) groups excluding carboxylic acids is 12. The summed E-state index contributed by atoms with van der Waals surface area (Å²) in [6.07, 6.45) is 1.89. The molecule has 13 atom stereocenters.